The fraction of sp³-hybridized carbons (Fsp3) is 0.641. The minimum absolute atomic E-state index is 0.0211. The lowest BCUT2D eigenvalue weighted by Crippen LogP contribution is -2.61. The van der Waals surface area contributed by atoms with Crippen LogP contribution in [0.3, 0.4) is 0 Å². The Hall–Kier alpha value is -4.79. The van der Waals surface area contributed by atoms with E-state index < -0.39 is 129 Å². The van der Waals surface area contributed by atoms with Crippen molar-refractivity contribution in [1.82, 2.24) is 30.2 Å². The number of allylic oxidation sites excluding steroid dienone is 1. The molecule has 3 aliphatic carbocycles. The number of fused-ring (bicyclic) bond motifs is 5. The van der Waals surface area contributed by atoms with Crippen molar-refractivity contribution in [2.75, 3.05) is 20.3 Å². The van der Waals surface area contributed by atoms with Gasteiger partial charge in [0.25, 0.3) is 5.91 Å². The third-order valence-corrected chi connectivity index (χ3v) is 14.1. The van der Waals surface area contributed by atoms with Crippen molar-refractivity contribution < 1.29 is 64.1 Å². The molecule has 5 aliphatic rings. The number of rotatable bonds is 8. The molecule has 1 aromatic heterocycles. The number of carbonyl (C=O) groups excluding carboxylic acids is 4. The number of hydrogen-bond donors (Lipinski definition) is 3. The Morgan fingerprint density at radius 3 is 2.42 bits per heavy atom. The number of alkyl carbamates (subject to hydrolysis) is 1. The third kappa shape index (κ3) is 8.17. The van der Waals surface area contributed by atoms with Gasteiger partial charge in [-0.15, -0.1) is 0 Å². The molecule has 60 heavy (non-hydrogen) atoms. The maximum atomic E-state index is 16.2. The molecule has 21 heteroatoms. The molecule has 0 unspecified atom stereocenters. The van der Waals surface area contributed by atoms with Gasteiger partial charge in [0.2, 0.25) is 34.1 Å². The lowest BCUT2D eigenvalue weighted by Gasteiger charge is -2.36. The normalized spacial score (nSPS) is 31.6. The summed E-state index contributed by atoms with van der Waals surface area (Å²) in [6.07, 6.45) is -5.03. The molecule has 8 atom stereocenters. The molecule has 4 fully saturated rings. The van der Waals surface area contributed by atoms with Crippen molar-refractivity contribution in [3.8, 4) is 11.6 Å². The Kier molecular flexibility index (Phi) is 11.0. The Bertz CT molecular complexity index is 2220. The van der Waals surface area contributed by atoms with Crippen molar-refractivity contribution in [3.05, 3.63) is 36.0 Å². The molecule has 4 amide bonds. The zero-order chi connectivity index (χ0) is 43.7. The SMILES string of the molecule is CC[C@@H]1[C@@H]2CN(C(=O)[C@H](C(C)(C)C)NC(=O)O[C@@H]3C[C@H]3OC/C=C/C(F)(F)c3nc4ccc(OC)cc4nc3O2)[C@@H]1C(=O)N[C@]1(C(=O)NS(=O)(=O)C2(C)CC2)C[C@H]1C(F)F. The zero-order valence-electron chi connectivity index (χ0n) is 33.8. The van der Waals surface area contributed by atoms with Crippen LogP contribution in [-0.2, 0) is 39.8 Å². The molecule has 7 rings (SSSR count). The molecule has 1 saturated heterocycles. The number of benzene rings is 1. The summed E-state index contributed by atoms with van der Waals surface area (Å²) < 4.78 is 110. The number of ether oxygens (including phenoxy) is 4. The van der Waals surface area contributed by atoms with Crippen LogP contribution in [0.25, 0.3) is 11.0 Å². The maximum Gasteiger partial charge on any atom is 0.408 e. The lowest BCUT2D eigenvalue weighted by molar-refractivity contribution is -0.144. The summed E-state index contributed by atoms with van der Waals surface area (Å²) >= 11 is 0. The summed E-state index contributed by atoms with van der Waals surface area (Å²) in [5.74, 6) is -10.3. The third-order valence-electron chi connectivity index (χ3n) is 12.0. The van der Waals surface area contributed by atoms with Crippen LogP contribution in [0.4, 0.5) is 22.4 Å². The van der Waals surface area contributed by atoms with E-state index in [1.807, 2.05) is 4.72 Å². The zero-order valence-corrected chi connectivity index (χ0v) is 34.6. The number of carbonyl (C=O) groups is 4. The topological polar surface area (TPSA) is 204 Å². The largest absolute Gasteiger partial charge is 0.497 e. The van der Waals surface area contributed by atoms with Gasteiger partial charge < -0.3 is 34.5 Å². The Labute approximate surface area is 343 Å². The summed E-state index contributed by atoms with van der Waals surface area (Å²) in [4.78, 5) is 66.0. The fourth-order valence-electron chi connectivity index (χ4n) is 7.78. The molecule has 3 saturated carbocycles. The first-order chi connectivity index (χ1) is 28.0. The first-order valence-corrected chi connectivity index (χ1v) is 21.2. The van der Waals surface area contributed by atoms with Crippen LogP contribution in [0, 0.1) is 17.3 Å². The van der Waals surface area contributed by atoms with Crippen molar-refractivity contribution in [2.24, 2.45) is 17.3 Å². The van der Waals surface area contributed by atoms with E-state index in [1.54, 1.807) is 27.7 Å². The first kappa shape index (κ1) is 43.3. The highest BCUT2D eigenvalue weighted by atomic mass is 32.2. The summed E-state index contributed by atoms with van der Waals surface area (Å²) in [6, 6.07) is 1.38. The molecule has 1 aromatic carbocycles. The maximum absolute atomic E-state index is 16.2. The molecule has 3 heterocycles. The number of hydrogen-bond acceptors (Lipinski definition) is 12. The summed E-state index contributed by atoms with van der Waals surface area (Å²) in [6.45, 7) is 7.18. The van der Waals surface area contributed by atoms with E-state index in [9.17, 15) is 36.4 Å². The monoisotopic (exact) mass is 868 g/mol. The molecular weight excluding hydrogens is 821 g/mol. The van der Waals surface area contributed by atoms with Gasteiger partial charge >= 0.3 is 12.0 Å². The molecule has 0 spiro atoms. The Morgan fingerprint density at radius 1 is 1.08 bits per heavy atom. The van der Waals surface area contributed by atoms with E-state index in [1.165, 1.54) is 32.2 Å². The van der Waals surface area contributed by atoms with Gasteiger partial charge in [-0.05, 0) is 56.2 Å². The highest BCUT2D eigenvalue weighted by molar-refractivity contribution is 7.91. The highest BCUT2D eigenvalue weighted by Gasteiger charge is 2.68. The number of nitrogens with one attached hydrogen (secondary N) is 3. The number of amides is 4. The standard InChI is InChI=1S/C39H48F4N6O10S/c1-7-20-26-18-49(27(20)31(50)47-38(17-21(38)30(40)41)34(52)48-60(54,55)37(5)12-13-37)33(51)29(36(2,3)4)46-35(53)59-25-16-24(25)57-14-8-11-39(42,43)28-32(58-26)45-23-15-19(56-6)9-10-22(23)44-28/h8-11,15,20-21,24-27,29-30H,7,12-14,16-18H2,1-6H3,(H,46,53)(H,47,50)(H,48,52)/b11-8+/t20-,21+,24-,25-,26+,27+,29-,38-/m1/s1. The van der Waals surface area contributed by atoms with Crippen LogP contribution >= 0.6 is 0 Å². The first-order valence-electron chi connectivity index (χ1n) is 19.7. The predicted octanol–water partition coefficient (Wildman–Crippen LogP) is 3.72. The van der Waals surface area contributed by atoms with E-state index in [-0.39, 0.29) is 43.3 Å². The highest BCUT2D eigenvalue weighted by Crippen LogP contribution is 2.50. The molecule has 16 nitrogen and oxygen atoms in total. The van der Waals surface area contributed by atoms with Crippen LogP contribution in [-0.4, -0.2) is 114 Å². The summed E-state index contributed by atoms with van der Waals surface area (Å²) in [5.41, 5.74) is -4.15. The van der Waals surface area contributed by atoms with Crippen LogP contribution in [0.1, 0.15) is 72.4 Å². The van der Waals surface area contributed by atoms with Crippen LogP contribution in [0.15, 0.2) is 30.4 Å². The number of alkyl halides is 4. The smallest absolute Gasteiger partial charge is 0.408 e. The molecule has 328 valence electrons. The van der Waals surface area contributed by atoms with E-state index in [2.05, 4.69) is 20.6 Å². The number of sulfonamides is 1. The second-order valence-corrected chi connectivity index (χ2v) is 19.6. The van der Waals surface area contributed by atoms with Crippen LogP contribution in [0.5, 0.6) is 11.6 Å². The van der Waals surface area contributed by atoms with E-state index >= 15 is 8.78 Å². The van der Waals surface area contributed by atoms with Crippen LogP contribution in [0.2, 0.25) is 0 Å². The van der Waals surface area contributed by atoms with Gasteiger partial charge in [0, 0.05) is 18.4 Å². The van der Waals surface area contributed by atoms with Gasteiger partial charge in [-0.3, -0.25) is 19.1 Å². The molecule has 2 aliphatic heterocycles. The quantitative estimate of drug-likeness (QED) is 0.257. The van der Waals surface area contributed by atoms with Crippen molar-refractivity contribution >= 4 is 44.9 Å². The van der Waals surface area contributed by atoms with Crippen molar-refractivity contribution in [2.45, 2.75) is 120 Å². The van der Waals surface area contributed by atoms with Gasteiger partial charge in [0.1, 0.15) is 35.6 Å². The minimum atomic E-state index is -4.33. The summed E-state index contributed by atoms with van der Waals surface area (Å²) in [7, 11) is -2.93. The number of methoxy groups -OCH3 is 1. The van der Waals surface area contributed by atoms with Gasteiger partial charge in [-0.25, -0.2) is 32.0 Å². The van der Waals surface area contributed by atoms with Crippen molar-refractivity contribution in [3.63, 3.8) is 0 Å². The molecule has 2 aromatic rings. The van der Waals surface area contributed by atoms with Crippen LogP contribution < -0.4 is 24.8 Å². The number of aromatic nitrogens is 2. The lowest BCUT2D eigenvalue weighted by atomic mass is 9.85. The van der Waals surface area contributed by atoms with E-state index in [0.717, 1.165) is 11.0 Å². The average molecular weight is 869 g/mol. The van der Waals surface area contributed by atoms with Gasteiger partial charge in [-0.1, -0.05) is 33.8 Å². The number of nitrogens with zero attached hydrogens (tertiary/aromatic N) is 3. The Morgan fingerprint density at radius 2 is 1.80 bits per heavy atom. The van der Waals surface area contributed by atoms with E-state index in [0.29, 0.717) is 11.8 Å². The Balaban J connectivity index is 1.31. The molecular formula is C39H48F4N6O10S. The number of halogens is 4. The van der Waals surface area contributed by atoms with Crippen molar-refractivity contribution in [1.29, 1.82) is 0 Å². The van der Waals surface area contributed by atoms with Gasteiger partial charge in [0.05, 0.1) is 48.1 Å². The molecule has 3 N–H and O–H groups in total. The predicted molar refractivity (Wildman–Crippen MR) is 204 cm³/mol. The van der Waals surface area contributed by atoms with E-state index in [4.69, 9.17) is 18.9 Å². The minimum Gasteiger partial charge on any atom is -0.497 e. The van der Waals surface area contributed by atoms with Gasteiger partial charge in [-0.2, -0.15) is 8.78 Å². The molecule has 2 bridgehead atoms. The molecule has 0 radical (unpaired) electrons. The summed E-state index contributed by atoms with van der Waals surface area (Å²) in [5, 5.41) is 4.97. The fourth-order valence-corrected chi connectivity index (χ4v) is 9.09. The second-order valence-electron chi connectivity index (χ2n) is 17.4. The second kappa shape index (κ2) is 15.3. The average Bonchev–Trinajstić information content (AvgIpc) is 4.12. The van der Waals surface area contributed by atoms with Gasteiger partial charge in [0.15, 0.2) is 5.69 Å².